The van der Waals surface area contributed by atoms with Gasteiger partial charge >= 0.3 is 0 Å². The van der Waals surface area contributed by atoms with Gasteiger partial charge in [0.2, 0.25) is 0 Å². The molecule has 1 aromatic rings. The molecule has 0 aliphatic heterocycles. The van der Waals surface area contributed by atoms with Crippen molar-refractivity contribution in [2.75, 3.05) is 7.11 Å². The molecular weight excluding hydrogens is 176 g/mol. The molecule has 0 N–H and O–H groups in total. The molecular formula is C12H14O2. The van der Waals surface area contributed by atoms with Gasteiger partial charge in [0.15, 0.2) is 5.78 Å². The number of rotatable bonds is 4. The maximum atomic E-state index is 11.5. The molecule has 0 aliphatic rings. The highest BCUT2D eigenvalue weighted by Crippen LogP contribution is 2.19. The SMILES string of the molecule is C=Cc1cc(OC)ccc1C(=O)CC. The predicted octanol–water partition coefficient (Wildman–Crippen LogP) is 2.93. The molecule has 0 aromatic heterocycles. The van der Waals surface area contributed by atoms with Gasteiger partial charge in [0, 0.05) is 12.0 Å². The molecule has 74 valence electrons. The van der Waals surface area contributed by atoms with Gasteiger partial charge in [-0.25, -0.2) is 0 Å². The first kappa shape index (κ1) is 10.5. The smallest absolute Gasteiger partial charge is 0.163 e. The summed E-state index contributed by atoms with van der Waals surface area (Å²) in [5.74, 6) is 0.870. The summed E-state index contributed by atoms with van der Waals surface area (Å²) in [5, 5.41) is 0. The third-order valence-corrected chi connectivity index (χ3v) is 2.10. The number of carbonyl (C=O) groups excluding carboxylic acids is 1. The summed E-state index contributed by atoms with van der Waals surface area (Å²) >= 11 is 0. The summed E-state index contributed by atoms with van der Waals surface area (Å²) < 4.78 is 5.07. The van der Waals surface area contributed by atoms with Crippen LogP contribution in [0.15, 0.2) is 24.8 Å². The zero-order chi connectivity index (χ0) is 10.6. The van der Waals surface area contributed by atoms with E-state index in [1.165, 1.54) is 0 Å². The molecule has 0 amide bonds. The van der Waals surface area contributed by atoms with Crippen molar-refractivity contribution in [2.24, 2.45) is 0 Å². The molecule has 0 heterocycles. The Morgan fingerprint density at radius 2 is 2.29 bits per heavy atom. The average molecular weight is 190 g/mol. The average Bonchev–Trinajstić information content (AvgIpc) is 2.27. The van der Waals surface area contributed by atoms with Gasteiger partial charge in [0.25, 0.3) is 0 Å². The summed E-state index contributed by atoms with van der Waals surface area (Å²) in [5.41, 5.74) is 1.54. The molecule has 0 radical (unpaired) electrons. The van der Waals surface area contributed by atoms with Gasteiger partial charge in [-0.15, -0.1) is 0 Å². The summed E-state index contributed by atoms with van der Waals surface area (Å²) in [4.78, 5) is 11.5. The first-order valence-electron chi connectivity index (χ1n) is 4.56. The minimum Gasteiger partial charge on any atom is -0.497 e. The van der Waals surface area contributed by atoms with Crippen LogP contribution in [-0.4, -0.2) is 12.9 Å². The van der Waals surface area contributed by atoms with E-state index < -0.39 is 0 Å². The highest BCUT2D eigenvalue weighted by molar-refractivity contribution is 5.99. The van der Waals surface area contributed by atoms with E-state index in [-0.39, 0.29) is 5.78 Å². The number of carbonyl (C=O) groups is 1. The van der Waals surface area contributed by atoms with Crippen LogP contribution in [0.2, 0.25) is 0 Å². The van der Waals surface area contributed by atoms with E-state index in [1.807, 2.05) is 13.0 Å². The molecule has 0 saturated carbocycles. The van der Waals surface area contributed by atoms with Crippen molar-refractivity contribution >= 4 is 11.9 Å². The van der Waals surface area contributed by atoms with Gasteiger partial charge in [-0.05, 0) is 23.8 Å². The maximum Gasteiger partial charge on any atom is 0.163 e. The fraction of sp³-hybridized carbons (Fsp3) is 0.250. The minimum absolute atomic E-state index is 0.127. The van der Waals surface area contributed by atoms with E-state index in [4.69, 9.17) is 4.74 Å². The summed E-state index contributed by atoms with van der Waals surface area (Å²) in [6.45, 7) is 5.52. The number of hydrogen-bond donors (Lipinski definition) is 0. The van der Waals surface area contributed by atoms with Crippen molar-refractivity contribution < 1.29 is 9.53 Å². The molecule has 0 spiro atoms. The second-order valence-electron chi connectivity index (χ2n) is 2.93. The van der Waals surface area contributed by atoms with E-state index >= 15 is 0 Å². The van der Waals surface area contributed by atoms with Crippen LogP contribution in [-0.2, 0) is 0 Å². The Balaban J connectivity index is 3.17. The number of ketones is 1. The van der Waals surface area contributed by atoms with Gasteiger partial charge in [-0.1, -0.05) is 19.6 Å². The van der Waals surface area contributed by atoms with Crippen molar-refractivity contribution in [3.8, 4) is 5.75 Å². The van der Waals surface area contributed by atoms with Crippen LogP contribution in [0.1, 0.15) is 29.3 Å². The van der Waals surface area contributed by atoms with Crippen LogP contribution < -0.4 is 4.74 Å². The van der Waals surface area contributed by atoms with Crippen LogP contribution in [0.5, 0.6) is 5.75 Å². The normalized spacial score (nSPS) is 9.57. The van der Waals surface area contributed by atoms with E-state index in [0.717, 1.165) is 11.3 Å². The minimum atomic E-state index is 0.127. The first-order chi connectivity index (χ1) is 6.72. The molecule has 2 heteroatoms. The van der Waals surface area contributed by atoms with Gasteiger partial charge in [0.1, 0.15) is 5.75 Å². The number of Topliss-reactive ketones (excluding diaryl/α,β-unsaturated/α-hetero) is 1. The zero-order valence-electron chi connectivity index (χ0n) is 8.54. The fourth-order valence-electron chi connectivity index (χ4n) is 1.28. The lowest BCUT2D eigenvalue weighted by atomic mass is 10.0. The molecule has 1 aromatic carbocycles. The maximum absolute atomic E-state index is 11.5. The van der Waals surface area contributed by atoms with E-state index in [9.17, 15) is 4.79 Å². The van der Waals surface area contributed by atoms with Crippen molar-refractivity contribution in [1.29, 1.82) is 0 Å². The molecule has 0 aliphatic carbocycles. The monoisotopic (exact) mass is 190 g/mol. The molecule has 1 rings (SSSR count). The van der Waals surface area contributed by atoms with Crippen molar-refractivity contribution in [3.05, 3.63) is 35.9 Å². The lowest BCUT2D eigenvalue weighted by Gasteiger charge is -2.06. The molecule has 2 nitrogen and oxygen atoms in total. The Kier molecular flexibility index (Phi) is 3.46. The van der Waals surface area contributed by atoms with Gasteiger partial charge in [-0.3, -0.25) is 4.79 Å². The number of ether oxygens (including phenoxy) is 1. The number of benzene rings is 1. The highest BCUT2D eigenvalue weighted by atomic mass is 16.5. The Bertz CT molecular complexity index is 353. The standard InChI is InChI=1S/C12H14O2/c1-4-9-8-10(14-3)6-7-11(9)12(13)5-2/h4,6-8H,1,5H2,2-3H3. The lowest BCUT2D eigenvalue weighted by molar-refractivity contribution is 0.0988. The molecule has 0 unspecified atom stereocenters. The second-order valence-corrected chi connectivity index (χ2v) is 2.93. The Labute approximate surface area is 84.2 Å². The Morgan fingerprint density at radius 1 is 1.57 bits per heavy atom. The Morgan fingerprint density at radius 3 is 2.79 bits per heavy atom. The molecule has 0 saturated heterocycles. The summed E-state index contributed by atoms with van der Waals surface area (Å²) in [6.07, 6.45) is 2.18. The van der Waals surface area contributed by atoms with E-state index in [1.54, 1.807) is 25.3 Å². The van der Waals surface area contributed by atoms with Crippen LogP contribution in [0, 0.1) is 0 Å². The van der Waals surface area contributed by atoms with Gasteiger partial charge < -0.3 is 4.74 Å². The third-order valence-electron chi connectivity index (χ3n) is 2.10. The first-order valence-corrected chi connectivity index (χ1v) is 4.56. The quantitative estimate of drug-likeness (QED) is 0.682. The van der Waals surface area contributed by atoms with Gasteiger partial charge in [0.05, 0.1) is 7.11 Å². The van der Waals surface area contributed by atoms with Crippen LogP contribution in [0.3, 0.4) is 0 Å². The van der Waals surface area contributed by atoms with Crippen molar-refractivity contribution in [3.63, 3.8) is 0 Å². The van der Waals surface area contributed by atoms with Crippen molar-refractivity contribution in [1.82, 2.24) is 0 Å². The fourth-order valence-corrected chi connectivity index (χ4v) is 1.28. The second kappa shape index (κ2) is 4.61. The molecule has 0 fully saturated rings. The topological polar surface area (TPSA) is 26.3 Å². The summed E-state index contributed by atoms with van der Waals surface area (Å²) in [6, 6.07) is 5.38. The lowest BCUT2D eigenvalue weighted by Crippen LogP contribution is -1.99. The Hall–Kier alpha value is -1.57. The van der Waals surface area contributed by atoms with Crippen LogP contribution in [0.25, 0.3) is 6.08 Å². The molecule has 14 heavy (non-hydrogen) atoms. The van der Waals surface area contributed by atoms with E-state index in [0.29, 0.717) is 12.0 Å². The molecule has 0 atom stereocenters. The summed E-state index contributed by atoms with van der Waals surface area (Å²) in [7, 11) is 1.60. The van der Waals surface area contributed by atoms with Crippen molar-refractivity contribution in [2.45, 2.75) is 13.3 Å². The highest BCUT2D eigenvalue weighted by Gasteiger charge is 2.07. The third kappa shape index (κ3) is 2.02. The van der Waals surface area contributed by atoms with E-state index in [2.05, 4.69) is 6.58 Å². The number of hydrogen-bond acceptors (Lipinski definition) is 2. The number of methoxy groups -OCH3 is 1. The van der Waals surface area contributed by atoms with Crippen LogP contribution in [0.4, 0.5) is 0 Å². The molecule has 0 bridgehead atoms. The zero-order valence-corrected chi connectivity index (χ0v) is 8.54. The van der Waals surface area contributed by atoms with Crippen LogP contribution >= 0.6 is 0 Å². The van der Waals surface area contributed by atoms with Gasteiger partial charge in [-0.2, -0.15) is 0 Å². The largest absolute Gasteiger partial charge is 0.497 e. The predicted molar refractivity (Wildman–Crippen MR) is 57.7 cm³/mol.